The maximum atomic E-state index is 2.37. The van der Waals surface area contributed by atoms with Gasteiger partial charge >= 0.3 is 0 Å². The van der Waals surface area contributed by atoms with Gasteiger partial charge in [-0.1, -0.05) is 96.1 Å². The first-order valence-electron chi connectivity index (χ1n) is 20.4. The van der Waals surface area contributed by atoms with E-state index >= 15 is 0 Å². The molecule has 2 heteroatoms. The van der Waals surface area contributed by atoms with Gasteiger partial charge in [0, 0.05) is 34.1 Å². The van der Waals surface area contributed by atoms with Crippen molar-refractivity contribution in [2.75, 3.05) is 9.80 Å². The van der Waals surface area contributed by atoms with Gasteiger partial charge in [0.15, 0.2) is 0 Å². The molecule has 0 atom stereocenters. The van der Waals surface area contributed by atoms with Crippen molar-refractivity contribution < 1.29 is 0 Å². The summed E-state index contributed by atoms with van der Waals surface area (Å²) in [5.74, 6) is 0. The third-order valence-corrected chi connectivity index (χ3v) is 11.6. The fourth-order valence-electron chi connectivity index (χ4n) is 7.78. The zero-order chi connectivity index (χ0) is 41.1. The Morgan fingerprint density at radius 3 is 0.862 bits per heavy atom. The van der Waals surface area contributed by atoms with Crippen LogP contribution < -0.4 is 9.80 Å². The average Bonchev–Trinajstić information content (AvgIpc) is 3.19. The Kier molecular flexibility index (Phi) is 11.7. The fourth-order valence-corrected chi connectivity index (χ4v) is 7.78. The molecule has 0 unspecified atom stereocenters. The number of aryl methyl sites for hydroxylation is 10. The van der Waals surface area contributed by atoms with Gasteiger partial charge in [-0.05, 0) is 209 Å². The van der Waals surface area contributed by atoms with Crippen LogP contribution in [0.3, 0.4) is 0 Å². The van der Waals surface area contributed by atoms with Crippen molar-refractivity contribution in [1.29, 1.82) is 0 Å². The number of benzene rings is 7. The molecule has 0 aliphatic carbocycles. The molecule has 0 aliphatic heterocycles. The fraction of sp³-hybridized carbons (Fsp3) is 0.179. The molecule has 0 amide bonds. The molecule has 0 bridgehead atoms. The van der Waals surface area contributed by atoms with Crippen molar-refractivity contribution in [2.24, 2.45) is 0 Å². The van der Waals surface area contributed by atoms with Gasteiger partial charge in [0.25, 0.3) is 0 Å². The van der Waals surface area contributed by atoms with Gasteiger partial charge in [-0.3, -0.25) is 0 Å². The Balaban J connectivity index is 1.11. The molecule has 0 heterocycles. The lowest BCUT2D eigenvalue weighted by Gasteiger charge is -2.27. The van der Waals surface area contributed by atoms with Crippen LogP contribution in [0, 0.1) is 69.2 Å². The topological polar surface area (TPSA) is 6.48 Å². The molecule has 0 aromatic heterocycles. The summed E-state index contributed by atoms with van der Waals surface area (Å²) in [4.78, 5) is 4.74. The van der Waals surface area contributed by atoms with Crippen molar-refractivity contribution in [2.45, 2.75) is 69.2 Å². The van der Waals surface area contributed by atoms with E-state index in [1.54, 1.807) is 0 Å². The first-order valence-corrected chi connectivity index (χ1v) is 20.4. The van der Waals surface area contributed by atoms with Crippen LogP contribution in [0.4, 0.5) is 34.1 Å². The highest BCUT2D eigenvalue weighted by molar-refractivity contribution is 5.83. The van der Waals surface area contributed by atoms with Crippen LogP contribution in [-0.4, -0.2) is 0 Å². The van der Waals surface area contributed by atoms with E-state index in [-0.39, 0.29) is 0 Å². The van der Waals surface area contributed by atoms with Crippen molar-refractivity contribution in [3.63, 3.8) is 0 Å². The Labute approximate surface area is 347 Å². The van der Waals surface area contributed by atoms with E-state index in [9.17, 15) is 0 Å². The summed E-state index contributed by atoms with van der Waals surface area (Å²) < 4.78 is 0. The van der Waals surface area contributed by atoms with Gasteiger partial charge in [-0.2, -0.15) is 0 Å². The van der Waals surface area contributed by atoms with Crippen LogP contribution >= 0.6 is 0 Å². The third-order valence-electron chi connectivity index (χ3n) is 11.6. The van der Waals surface area contributed by atoms with Crippen molar-refractivity contribution in [3.8, 4) is 0 Å². The monoisotopic (exact) mass is 756 g/mol. The molecule has 58 heavy (non-hydrogen) atoms. The smallest absolute Gasteiger partial charge is 0.0467 e. The highest BCUT2D eigenvalue weighted by Crippen LogP contribution is 2.39. The second-order valence-electron chi connectivity index (χ2n) is 16.2. The normalized spacial score (nSPS) is 11.5. The molecule has 0 aliphatic rings. The predicted molar refractivity (Wildman–Crippen MR) is 254 cm³/mol. The molecule has 0 saturated heterocycles. The van der Waals surface area contributed by atoms with E-state index in [1.165, 1.54) is 101 Å². The van der Waals surface area contributed by atoms with Gasteiger partial charge in [-0.15, -0.1) is 0 Å². The van der Waals surface area contributed by atoms with Gasteiger partial charge in [-0.25, -0.2) is 0 Å². The highest BCUT2D eigenvalue weighted by atomic mass is 15.1. The lowest BCUT2D eigenvalue weighted by Crippen LogP contribution is -2.11. The van der Waals surface area contributed by atoms with E-state index in [1.807, 2.05) is 0 Å². The van der Waals surface area contributed by atoms with E-state index < -0.39 is 0 Å². The molecule has 2 nitrogen and oxygen atoms in total. The minimum absolute atomic E-state index is 1.16. The Morgan fingerprint density at radius 2 is 0.552 bits per heavy atom. The number of hydrogen-bond donors (Lipinski definition) is 0. The molecule has 0 saturated carbocycles. The molecule has 290 valence electrons. The molecule has 0 fully saturated rings. The lowest BCUT2D eigenvalue weighted by atomic mass is 9.98. The minimum atomic E-state index is 1.16. The second-order valence-corrected chi connectivity index (χ2v) is 16.2. The molecule has 7 aromatic rings. The highest BCUT2D eigenvalue weighted by Gasteiger charge is 2.17. The summed E-state index contributed by atoms with van der Waals surface area (Å²) in [6.45, 7) is 21.9. The lowest BCUT2D eigenvalue weighted by molar-refractivity contribution is 1.22. The van der Waals surface area contributed by atoms with Crippen molar-refractivity contribution in [1.82, 2.24) is 0 Å². The van der Waals surface area contributed by atoms with E-state index in [2.05, 4.69) is 237 Å². The third kappa shape index (κ3) is 8.77. The molecule has 0 radical (unpaired) electrons. The van der Waals surface area contributed by atoms with Crippen LogP contribution in [0.5, 0.6) is 0 Å². The largest absolute Gasteiger partial charge is 0.310 e. The zero-order valence-electron chi connectivity index (χ0n) is 35.9. The predicted octanol–water partition coefficient (Wildman–Crippen LogP) is 16.1. The van der Waals surface area contributed by atoms with E-state index in [0.29, 0.717) is 0 Å². The Hall–Kier alpha value is -6.38. The van der Waals surface area contributed by atoms with Gasteiger partial charge in [0.05, 0.1) is 0 Å². The molecular weight excluding hydrogens is 701 g/mol. The SMILES string of the molecule is Cc1ccc(N(c2ccc(C)c(C)c2)c2cc(C)c(C=Cc3ccc(C=Cc4c(C)cc(N(c5ccc(C)cc5)c5ccc(C)c(C)c5)cc4C)cc3)c(C)c2)cc1. The standard InChI is InChI=1S/C56H56N2/c1-37-11-23-49(24-12-37)57(51-27-15-39(3)41(5)31-51)53-33-43(7)55(44(8)34-53)29-21-47-17-19-48(20-18-47)22-30-56-45(9)35-54(36-46(56)10)58(50-25-13-38(2)14-26-50)52-28-16-40(4)42(6)32-52/h11-36H,1-10H3. The quantitative estimate of drug-likeness (QED) is 0.128. The van der Waals surface area contributed by atoms with Crippen LogP contribution in [0.15, 0.2) is 133 Å². The zero-order valence-corrected chi connectivity index (χ0v) is 35.9. The summed E-state index contributed by atoms with van der Waals surface area (Å²) in [6, 6.07) is 49.2. The summed E-state index contributed by atoms with van der Waals surface area (Å²) in [6.07, 6.45) is 8.98. The Bertz CT molecular complexity index is 2410. The first kappa shape index (κ1) is 39.8. The van der Waals surface area contributed by atoms with E-state index in [0.717, 1.165) is 11.4 Å². The first-order chi connectivity index (χ1) is 27.8. The van der Waals surface area contributed by atoms with Crippen molar-refractivity contribution >= 4 is 58.4 Å². The molecule has 0 N–H and O–H groups in total. The van der Waals surface area contributed by atoms with Crippen molar-refractivity contribution in [3.05, 3.63) is 211 Å². The average molecular weight is 757 g/mol. The Morgan fingerprint density at radius 1 is 0.259 bits per heavy atom. The number of nitrogens with zero attached hydrogens (tertiary/aromatic N) is 2. The number of rotatable bonds is 10. The molecular formula is C56H56N2. The van der Waals surface area contributed by atoms with Crippen LogP contribution in [0.25, 0.3) is 24.3 Å². The molecule has 0 spiro atoms. The minimum Gasteiger partial charge on any atom is -0.310 e. The van der Waals surface area contributed by atoms with Gasteiger partial charge in [0.2, 0.25) is 0 Å². The molecule has 7 rings (SSSR count). The summed E-state index contributed by atoms with van der Waals surface area (Å²) in [5, 5.41) is 0. The summed E-state index contributed by atoms with van der Waals surface area (Å²) in [7, 11) is 0. The second kappa shape index (κ2) is 17.0. The van der Waals surface area contributed by atoms with Crippen LogP contribution in [0.2, 0.25) is 0 Å². The van der Waals surface area contributed by atoms with Crippen LogP contribution in [-0.2, 0) is 0 Å². The van der Waals surface area contributed by atoms with Gasteiger partial charge in [0.1, 0.15) is 0 Å². The number of hydrogen-bond acceptors (Lipinski definition) is 2. The van der Waals surface area contributed by atoms with Crippen LogP contribution in [0.1, 0.15) is 77.9 Å². The maximum Gasteiger partial charge on any atom is 0.0467 e. The number of anilines is 6. The summed E-state index contributed by atoms with van der Waals surface area (Å²) >= 11 is 0. The molecule has 7 aromatic carbocycles. The summed E-state index contributed by atoms with van der Waals surface area (Å²) in [5.41, 5.74) is 24.5. The van der Waals surface area contributed by atoms with E-state index in [4.69, 9.17) is 0 Å². The maximum absolute atomic E-state index is 2.37. The van der Waals surface area contributed by atoms with Gasteiger partial charge < -0.3 is 9.80 Å².